The van der Waals surface area contributed by atoms with Crippen LogP contribution < -0.4 is 5.32 Å². The number of rotatable bonds is 4. The Hall–Kier alpha value is -4.55. The van der Waals surface area contributed by atoms with E-state index in [4.69, 9.17) is 10.1 Å². The van der Waals surface area contributed by atoms with Gasteiger partial charge in [-0.3, -0.25) is 0 Å². The van der Waals surface area contributed by atoms with Gasteiger partial charge in [-0.2, -0.15) is 0 Å². The molecule has 1 N–H and O–H groups in total. The van der Waals surface area contributed by atoms with Crippen LogP contribution in [0, 0.1) is 0 Å². The number of fused-ring (bicyclic) bond motifs is 5. The molecule has 0 fully saturated rings. The molecule has 0 bridgehead atoms. The van der Waals surface area contributed by atoms with E-state index in [1.54, 1.807) is 11.3 Å². The van der Waals surface area contributed by atoms with Crippen molar-refractivity contribution in [2.75, 3.05) is 5.32 Å². The quantitative estimate of drug-likeness (QED) is 0.289. The molecule has 5 nitrogen and oxygen atoms in total. The summed E-state index contributed by atoms with van der Waals surface area (Å²) in [5.41, 5.74) is 7.16. The minimum Gasteiger partial charge on any atom is -0.338 e. The Labute approximate surface area is 205 Å². The number of benzene rings is 3. The Morgan fingerprint density at radius 3 is 2.09 bits per heavy atom. The van der Waals surface area contributed by atoms with Crippen LogP contribution in [0.4, 0.5) is 11.5 Å². The number of nitrogens with zero attached hydrogens (tertiary/aromatic N) is 4. The number of hydrogen-bond donors (Lipinski definition) is 1. The average molecular weight is 470 g/mol. The van der Waals surface area contributed by atoms with Gasteiger partial charge >= 0.3 is 0 Å². The maximum atomic E-state index is 5.06. The zero-order valence-corrected chi connectivity index (χ0v) is 19.4. The Balaban J connectivity index is 1.58. The number of hydrogen-bond acceptors (Lipinski definition) is 5. The van der Waals surface area contributed by atoms with E-state index < -0.39 is 0 Å². The zero-order chi connectivity index (χ0) is 23.2. The molecule has 0 unspecified atom stereocenters. The summed E-state index contributed by atoms with van der Waals surface area (Å²) in [4.78, 5) is 6.85. The lowest BCUT2D eigenvalue weighted by molar-refractivity contribution is 1.09. The second kappa shape index (κ2) is 8.04. The normalized spacial score (nSPS) is 11.4. The van der Waals surface area contributed by atoms with Crippen molar-refractivity contribution in [2.24, 2.45) is 0 Å². The molecule has 0 aliphatic carbocycles. The second-order valence-electron chi connectivity index (χ2n) is 8.31. The van der Waals surface area contributed by atoms with Crippen molar-refractivity contribution in [3.63, 3.8) is 0 Å². The number of para-hydroxylation sites is 1. The van der Waals surface area contributed by atoms with Crippen molar-refractivity contribution < 1.29 is 0 Å². The first-order chi connectivity index (χ1) is 17.4. The van der Waals surface area contributed by atoms with Crippen LogP contribution in [0.2, 0.25) is 0 Å². The fraction of sp³-hybridized carbons (Fsp3) is 0. The fourth-order valence-electron chi connectivity index (χ4n) is 4.62. The summed E-state index contributed by atoms with van der Waals surface area (Å²) in [6.07, 6.45) is 2.10. The molecule has 7 rings (SSSR count). The molecule has 0 aliphatic rings. The van der Waals surface area contributed by atoms with Crippen molar-refractivity contribution >= 4 is 48.9 Å². The van der Waals surface area contributed by atoms with Gasteiger partial charge in [-0.15, -0.1) is 10.2 Å². The molecule has 4 aromatic heterocycles. The fourth-order valence-corrected chi connectivity index (χ4v) is 5.62. The molecule has 6 heteroatoms. The third-order valence-electron chi connectivity index (χ3n) is 6.17. The van der Waals surface area contributed by atoms with Crippen LogP contribution in [0.3, 0.4) is 0 Å². The molecule has 0 atom stereocenters. The van der Waals surface area contributed by atoms with Gasteiger partial charge in [0.1, 0.15) is 10.5 Å². The summed E-state index contributed by atoms with van der Waals surface area (Å²) in [7, 11) is 0. The van der Waals surface area contributed by atoms with Gasteiger partial charge in [0.05, 0.1) is 11.0 Å². The van der Waals surface area contributed by atoms with Gasteiger partial charge in [-0.25, -0.2) is 4.98 Å². The van der Waals surface area contributed by atoms with Crippen LogP contribution in [0.15, 0.2) is 109 Å². The number of anilines is 2. The van der Waals surface area contributed by atoms with Crippen LogP contribution in [0.5, 0.6) is 0 Å². The molecule has 35 heavy (non-hydrogen) atoms. The van der Waals surface area contributed by atoms with Gasteiger partial charge in [-0.1, -0.05) is 90.2 Å². The number of nitrogens with one attached hydrogen (secondary N) is 1. The standard InChI is InChI=1S/C29H19N5S/c1-4-11-19(12-5-1)23-24-26-29(35-28(24)33-32-25(23)20-13-6-2-7-14-20)31-27(22-17-10-18-34(22)26)30-21-15-8-3-9-16-21/h1-18H,(H,30,31). The largest absolute Gasteiger partial charge is 0.338 e. The highest BCUT2D eigenvalue weighted by molar-refractivity contribution is 7.25. The minimum absolute atomic E-state index is 0.817. The highest BCUT2D eigenvalue weighted by Crippen LogP contribution is 2.43. The molecule has 0 amide bonds. The minimum atomic E-state index is 0.817. The lowest BCUT2D eigenvalue weighted by Gasteiger charge is -2.12. The lowest BCUT2D eigenvalue weighted by atomic mass is 9.97. The van der Waals surface area contributed by atoms with E-state index in [9.17, 15) is 0 Å². The van der Waals surface area contributed by atoms with Gasteiger partial charge in [0.2, 0.25) is 0 Å². The van der Waals surface area contributed by atoms with Crippen LogP contribution in [0.25, 0.3) is 48.5 Å². The molecular formula is C29H19N5S. The monoisotopic (exact) mass is 469 g/mol. The molecule has 166 valence electrons. The Kier molecular flexibility index (Phi) is 4.57. The summed E-state index contributed by atoms with van der Waals surface area (Å²) in [5.74, 6) is 0.817. The van der Waals surface area contributed by atoms with E-state index in [1.807, 2.05) is 54.6 Å². The molecule has 3 aromatic carbocycles. The highest BCUT2D eigenvalue weighted by Gasteiger charge is 2.22. The van der Waals surface area contributed by atoms with Crippen LogP contribution in [-0.4, -0.2) is 19.6 Å². The Morgan fingerprint density at radius 2 is 1.34 bits per heavy atom. The molecule has 7 aromatic rings. The van der Waals surface area contributed by atoms with Gasteiger partial charge in [-0.05, 0) is 29.8 Å². The summed E-state index contributed by atoms with van der Waals surface area (Å²) < 4.78 is 2.22. The second-order valence-corrected chi connectivity index (χ2v) is 9.28. The van der Waals surface area contributed by atoms with Gasteiger partial charge in [0.15, 0.2) is 10.6 Å². The topological polar surface area (TPSA) is 55.1 Å². The first-order valence-corrected chi connectivity index (χ1v) is 12.2. The molecule has 0 spiro atoms. The van der Waals surface area contributed by atoms with E-state index in [0.717, 1.165) is 60.0 Å². The Bertz CT molecular complexity index is 1810. The van der Waals surface area contributed by atoms with Crippen molar-refractivity contribution in [1.82, 2.24) is 19.6 Å². The smallest absolute Gasteiger partial charge is 0.156 e. The first kappa shape index (κ1) is 19.9. The predicted molar refractivity (Wildman–Crippen MR) is 144 cm³/mol. The van der Waals surface area contributed by atoms with Gasteiger partial charge in [0, 0.05) is 28.4 Å². The maximum absolute atomic E-state index is 5.06. The van der Waals surface area contributed by atoms with Crippen molar-refractivity contribution in [3.05, 3.63) is 109 Å². The third kappa shape index (κ3) is 3.26. The number of thiophene rings is 1. The molecular weight excluding hydrogens is 450 g/mol. The third-order valence-corrected chi connectivity index (χ3v) is 7.12. The van der Waals surface area contributed by atoms with Crippen LogP contribution >= 0.6 is 11.3 Å². The van der Waals surface area contributed by atoms with E-state index in [0.29, 0.717) is 0 Å². The summed E-state index contributed by atoms with van der Waals surface area (Å²) in [6.45, 7) is 0. The van der Waals surface area contributed by atoms with Crippen LogP contribution in [-0.2, 0) is 0 Å². The van der Waals surface area contributed by atoms with E-state index in [1.165, 1.54) is 0 Å². The molecule has 4 heterocycles. The zero-order valence-electron chi connectivity index (χ0n) is 18.6. The van der Waals surface area contributed by atoms with Crippen molar-refractivity contribution in [3.8, 4) is 22.4 Å². The van der Waals surface area contributed by atoms with Gasteiger partial charge in [0.25, 0.3) is 0 Å². The Morgan fingerprint density at radius 1 is 0.657 bits per heavy atom. The lowest BCUT2D eigenvalue weighted by Crippen LogP contribution is -1.98. The first-order valence-electron chi connectivity index (χ1n) is 11.4. The molecule has 0 saturated heterocycles. The number of aromatic nitrogens is 4. The molecule has 0 aliphatic heterocycles. The summed E-state index contributed by atoms with van der Waals surface area (Å²) in [6, 6.07) is 35.0. The van der Waals surface area contributed by atoms with Gasteiger partial charge < -0.3 is 9.72 Å². The SMILES string of the molecule is c1ccc(Nc2nc3sc4nnc(-c5ccccc5)c(-c5ccccc5)c4c3n3cccc23)cc1. The van der Waals surface area contributed by atoms with Crippen LogP contribution in [0.1, 0.15) is 0 Å². The average Bonchev–Trinajstić information content (AvgIpc) is 3.54. The van der Waals surface area contributed by atoms with E-state index in [2.05, 4.69) is 69.5 Å². The predicted octanol–water partition coefficient (Wildman–Crippen LogP) is 7.57. The highest BCUT2D eigenvalue weighted by atomic mass is 32.1. The summed E-state index contributed by atoms with van der Waals surface area (Å²) >= 11 is 1.57. The summed E-state index contributed by atoms with van der Waals surface area (Å²) in [5, 5.41) is 14.0. The van der Waals surface area contributed by atoms with E-state index in [-0.39, 0.29) is 0 Å². The van der Waals surface area contributed by atoms with Crippen molar-refractivity contribution in [1.29, 1.82) is 0 Å². The molecule has 0 radical (unpaired) electrons. The van der Waals surface area contributed by atoms with E-state index >= 15 is 0 Å². The van der Waals surface area contributed by atoms with Crippen molar-refractivity contribution in [2.45, 2.75) is 0 Å². The molecule has 0 saturated carbocycles. The maximum Gasteiger partial charge on any atom is 0.156 e.